The van der Waals surface area contributed by atoms with E-state index < -0.39 is 12.6 Å². The Hall–Kier alpha value is -2.08. The first kappa shape index (κ1) is 14.3. The van der Waals surface area contributed by atoms with Crippen LogP contribution in [0.15, 0.2) is 24.3 Å². The molecule has 108 valence electrons. The minimum Gasteiger partial charge on any atom is -0.482 e. The number of benzene rings is 1. The minimum atomic E-state index is -1.04. The summed E-state index contributed by atoms with van der Waals surface area (Å²) in [5, 5.41) is 11.4. The number of ether oxygens (including phenoxy) is 2. The van der Waals surface area contributed by atoms with E-state index in [0.29, 0.717) is 11.3 Å². The van der Waals surface area contributed by atoms with Gasteiger partial charge in [0.1, 0.15) is 5.75 Å². The van der Waals surface area contributed by atoms with Gasteiger partial charge in [-0.25, -0.2) is 4.79 Å². The molecule has 0 aliphatic heterocycles. The number of carboxylic acids is 1. The lowest BCUT2D eigenvalue weighted by molar-refractivity contribution is -0.139. The Morgan fingerprint density at radius 2 is 2.05 bits per heavy atom. The van der Waals surface area contributed by atoms with Crippen molar-refractivity contribution in [3.05, 3.63) is 29.8 Å². The van der Waals surface area contributed by atoms with Crippen LogP contribution < -0.4 is 10.1 Å². The monoisotopic (exact) mass is 279 g/mol. The number of hydrogen-bond acceptors (Lipinski definition) is 4. The Morgan fingerprint density at radius 1 is 1.40 bits per heavy atom. The van der Waals surface area contributed by atoms with E-state index in [-0.39, 0.29) is 17.6 Å². The summed E-state index contributed by atoms with van der Waals surface area (Å²) in [5.74, 6) is -0.808. The van der Waals surface area contributed by atoms with Crippen LogP contribution in [-0.2, 0) is 9.53 Å². The number of methoxy groups -OCH3 is 1. The predicted molar refractivity (Wildman–Crippen MR) is 70.9 cm³/mol. The van der Waals surface area contributed by atoms with Crippen LogP contribution in [-0.4, -0.2) is 42.3 Å². The van der Waals surface area contributed by atoms with Crippen LogP contribution in [0.2, 0.25) is 0 Å². The lowest BCUT2D eigenvalue weighted by atomic mass is 10.2. The molecule has 0 radical (unpaired) electrons. The van der Waals surface area contributed by atoms with Crippen molar-refractivity contribution in [1.82, 2.24) is 5.32 Å². The summed E-state index contributed by atoms with van der Waals surface area (Å²) in [4.78, 5) is 22.3. The molecule has 6 heteroatoms. The number of carbonyl (C=O) groups excluding carboxylic acids is 1. The molecule has 0 spiro atoms. The van der Waals surface area contributed by atoms with Gasteiger partial charge in [-0.2, -0.15) is 0 Å². The van der Waals surface area contributed by atoms with E-state index in [1.54, 1.807) is 31.4 Å². The van der Waals surface area contributed by atoms with Gasteiger partial charge in [-0.1, -0.05) is 0 Å². The Morgan fingerprint density at radius 3 is 2.55 bits per heavy atom. The summed E-state index contributed by atoms with van der Waals surface area (Å²) in [6.07, 6.45) is 0.801. The van der Waals surface area contributed by atoms with Crippen molar-refractivity contribution in [2.75, 3.05) is 13.7 Å². The van der Waals surface area contributed by atoms with Crippen molar-refractivity contribution in [2.45, 2.75) is 25.0 Å². The van der Waals surface area contributed by atoms with Crippen LogP contribution in [0.4, 0.5) is 0 Å². The summed E-state index contributed by atoms with van der Waals surface area (Å²) in [6.45, 7) is 1.54. The molecule has 1 fully saturated rings. The quantitative estimate of drug-likeness (QED) is 0.813. The second-order valence-corrected chi connectivity index (χ2v) is 4.95. The molecule has 2 N–H and O–H groups in total. The van der Waals surface area contributed by atoms with E-state index >= 15 is 0 Å². The molecule has 1 aromatic carbocycles. The van der Waals surface area contributed by atoms with Gasteiger partial charge in [0, 0.05) is 19.1 Å². The molecule has 1 aliphatic rings. The molecule has 1 saturated carbocycles. The van der Waals surface area contributed by atoms with Crippen molar-refractivity contribution >= 4 is 11.9 Å². The molecule has 1 aliphatic carbocycles. The molecule has 6 nitrogen and oxygen atoms in total. The van der Waals surface area contributed by atoms with Crippen LogP contribution in [0.3, 0.4) is 0 Å². The van der Waals surface area contributed by atoms with E-state index in [4.69, 9.17) is 14.6 Å². The highest BCUT2D eigenvalue weighted by molar-refractivity contribution is 5.94. The van der Waals surface area contributed by atoms with E-state index in [9.17, 15) is 9.59 Å². The molecule has 2 rings (SSSR count). The Bertz CT molecular complexity index is 513. The van der Waals surface area contributed by atoms with Gasteiger partial charge in [0.15, 0.2) is 6.61 Å². The molecule has 0 saturated heterocycles. The standard InChI is InChI=1S/C14H17NO5/c1-14(19-2)7-11(14)15-13(18)9-3-5-10(6-4-9)20-8-12(16)17/h3-6,11H,7-8H2,1-2H3,(H,15,18)(H,16,17)/t11-,14+/m1/s1. The van der Waals surface area contributed by atoms with Gasteiger partial charge in [-0.3, -0.25) is 4.79 Å². The summed E-state index contributed by atoms with van der Waals surface area (Å²) >= 11 is 0. The smallest absolute Gasteiger partial charge is 0.341 e. The fourth-order valence-electron chi connectivity index (χ4n) is 1.86. The third-order valence-electron chi connectivity index (χ3n) is 3.44. The molecule has 1 amide bonds. The topological polar surface area (TPSA) is 84.9 Å². The number of hydrogen-bond donors (Lipinski definition) is 2. The minimum absolute atomic E-state index is 0.0305. The van der Waals surface area contributed by atoms with Crippen molar-refractivity contribution < 1.29 is 24.2 Å². The van der Waals surface area contributed by atoms with E-state index in [1.807, 2.05) is 6.92 Å². The summed E-state index contributed by atoms with van der Waals surface area (Å²) in [5.41, 5.74) is 0.234. The predicted octanol–water partition coefficient (Wildman–Crippen LogP) is 1.06. The molecule has 20 heavy (non-hydrogen) atoms. The molecule has 1 aromatic rings. The Kier molecular flexibility index (Phi) is 3.94. The number of rotatable bonds is 6. The van der Waals surface area contributed by atoms with Crippen molar-refractivity contribution in [2.24, 2.45) is 0 Å². The van der Waals surface area contributed by atoms with E-state index in [2.05, 4.69) is 5.32 Å². The fourth-order valence-corrected chi connectivity index (χ4v) is 1.86. The van der Waals surface area contributed by atoms with E-state index in [1.165, 1.54) is 0 Å². The molecule has 2 atom stereocenters. The van der Waals surface area contributed by atoms with Gasteiger partial charge in [0.25, 0.3) is 5.91 Å². The van der Waals surface area contributed by atoms with Gasteiger partial charge in [-0.15, -0.1) is 0 Å². The first-order chi connectivity index (χ1) is 9.44. The second-order valence-electron chi connectivity index (χ2n) is 4.95. The third kappa shape index (κ3) is 3.27. The Labute approximate surface area is 116 Å². The van der Waals surface area contributed by atoms with Crippen molar-refractivity contribution in [1.29, 1.82) is 0 Å². The summed E-state index contributed by atoms with van der Waals surface area (Å²) < 4.78 is 10.3. The fraction of sp³-hybridized carbons (Fsp3) is 0.429. The molecule has 0 unspecified atom stereocenters. The molecular formula is C14H17NO5. The highest BCUT2D eigenvalue weighted by atomic mass is 16.5. The average molecular weight is 279 g/mol. The zero-order valence-electron chi connectivity index (χ0n) is 11.4. The zero-order chi connectivity index (χ0) is 14.8. The zero-order valence-corrected chi connectivity index (χ0v) is 11.4. The van der Waals surface area contributed by atoms with Crippen LogP contribution in [0.25, 0.3) is 0 Å². The normalized spacial score (nSPS) is 24.0. The van der Waals surface area contributed by atoms with Crippen LogP contribution in [0.5, 0.6) is 5.75 Å². The first-order valence-corrected chi connectivity index (χ1v) is 6.25. The maximum atomic E-state index is 12.0. The van der Waals surface area contributed by atoms with Crippen LogP contribution >= 0.6 is 0 Å². The maximum Gasteiger partial charge on any atom is 0.341 e. The number of aliphatic carboxylic acids is 1. The van der Waals surface area contributed by atoms with Crippen LogP contribution in [0, 0.1) is 0 Å². The summed E-state index contributed by atoms with van der Waals surface area (Å²) in [7, 11) is 1.63. The second kappa shape index (κ2) is 5.50. The van der Waals surface area contributed by atoms with Gasteiger partial charge < -0.3 is 19.9 Å². The van der Waals surface area contributed by atoms with Gasteiger partial charge in [0.05, 0.1) is 11.6 Å². The average Bonchev–Trinajstić information content (AvgIpc) is 3.08. The van der Waals surface area contributed by atoms with Gasteiger partial charge >= 0.3 is 5.97 Å². The number of nitrogens with one attached hydrogen (secondary N) is 1. The molecule has 0 aromatic heterocycles. The first-order valence-electron chi connectivity index (χ1n) is 6.25. The molecular weight excluding hydrogens is 262 g/mol. The Balaban J connectivity index is 1.90. The SMILES string of the molecule is CO[C@@]1(C)C[C@H]1NC(=O)c1ccc(OCC(=O)O)cc1. The van der Waals surface area contributed by atoms with Crippen molar-refractivity contribution in [3.8, 4) is 5.75 Å². The highest BCUT2D eigenvalue weighted by Gasteiger charge is 2.51. The van der Waals surface area contributed by atoms with Gasteiger partial charge in [-0.05, 0) is 31.2 Å². The highest BCUT2D eigenvalue weighted by Crippen LogP contribution is 2.38. The van der Waals surface area contributed by atoms with Crippen LogP contribution in [0.1, 0.15) is 23.7 Å². The third-order valence-corrected chi connectivity index (χ3v) is 3.44. The van der Waals surface area contributed by atoms with Crippen molar-refractivity contribution in [3.63, 3.8) is 0 Å². The number of carboxylic acid groups (broad SMARTS) is 1. The number of carbonyl (C=O) groups is 2. The largest absolute Gasteiger partial charge is 0.482 e. The lowest BCUT2D eigenvalue weighted by Gasteiger charge is -2.10. The molecule has 0 heterocycles. The molecule has 0 bridgehead atoms. The number of amides is 1. The lowest BCUT2D eigenvalue weighted by Crippen LogP contribution is -2.31. The summed E-state index contributed by atoms with van der Waals surface area (Å²) in [6, 6.07) is 6.36. The van der Waals surface area contributed by atoms with Gasteiger partial charge in [0.2, 0.25) is 0 Å². The maximum absolute atomic E-state index is 12.0. The van der Waals surface area contributed by atoms with E-state index in [0.717, 1.165) is 6.42 Å².